The fourth-order valence-corrected chi connectivity index (χ4v) is 9.92. The number of likely N-dealkylation sites (N-methyl/N-ethyl adjacent to an activating group) is 2. The van der Waals surface area contributed by atoms with E-state index in [0.29, 0.717) is 25.9 Å². The average molecular weight is 1070 g/mol. The van der Waals surface area contributed by atoms with Gasteiger partial charge in [-0.25, -0.2) is 0 Å². The summed E-state index contributed by atoms with van der Waals surface area (Å²) in [5.74, 6) is -0.148. The Labute approximate surface area is 449 Å². The number of carbonyl (C=O) groups is 6. The number of amides is 6. The van der Waals surface area contributed by atoms with Gasteiger partial charge in [-0.2, -0.15) is 0 Å². The van der Waals surface area contributed by atoms with Gasteiger partial charge in [-0.1, -0.05) is 115 Å². The van der Waals surface area contributed by atoms with E-state index < -0.39 is 47.1 Å². The topological polar surface area (TPSA) is 307 Å². The van der Waals surface area contributed by atoms with Crippen molar-refractivity contribution in [1.82, 2.24) is 41.7 Å². The number of thiol groups is 1. The van der Waals surface area contributed by atoms with Crippen LogP contribution in [0.15, 0.2) is 94.7 Å². The molecule has 0 spiro atoms. The van der Waals surface area contributed by atoms with E-state index in [1.54, 1.807) is 49.5 Å². The molecule has 0 bridgehead atoms. The molecule has 2 aliphatic heterocycles. The van der Waals surface area contributed by atoms with Crippen LogP contribution >= 0.6 is 24.4 Å². The summed E-state index contributed by atoms with van der Waals surface area (Å²) in [6.07, 6.45) is 1.17. The van der Waals surface area contributed by atoms with Gasteiger partial charge in [-0.05, 0) is 107 Å². The van der Waals surface area contributed by atoms with Crippen molar-refractivity contribution in [3.05, 3.63) is 96.1 Å². The Balaban J connectivity index is 0.00000140. The van der Waals surface area contributed by atoms with Crippen LogP contribution in [-0.2, 0) is 28.8 Å². The molecule has 0 unspecified atom stereocenters. The lowest BCUT2D eigenvalue weighted by Crippen LogP contribution is -2.59. The predicted octanol–water partition coefficient (Wildman–Crippen LogP) is 3.24. The van der Waals surface area contributed by atoms with Gasteiger partial charge >= 0.3 is 0 Å². The summed E-state index contributed by atoms with van der Waals surface area (Å²) in [7, 11) is 3.41. The molecule has 2 heterocycles. The highest BCUT2D eigenvalue weighted by Gasteiger charge is 2.46. The molecule has 2 fully saturated rings. The molecular weight excluding hydrogens is 985 g/mol. The van der Waals surface area contributed by atoms with Crippen LogP contribution in [0, 0.1) is 22.7 Å². The van der Waals surface area contributed by atoms with Gasteiger partial charge in [0.1, 0.15) is 24.2 Å². The SMILES string of the molecule is CN[C@@H](C)C(=O)N[C@H](C(=O)N1C[C@@H](C)C[C@H]1C(=O)N[C@H](C)c1ccccc1)C(C)(C)C.CN[C@@H](C)C(=O)N[C@H](C(=O)N1C[C@@H](CSc2cccc(S)c2)C[C@H]1C(=O)N[C@H](C)c1ccccc1)C(C)(C)C.O.O.O.O. The molecule has 0 aromatic heterocycles. The van der Waals surface area contributed by atoms with Crippen molar-refractivity contribution >= 4 is 59.8 Å². The van der Waals surface area contributed by atoms with Crippen molar-refractivity contribution in [2.75, 3.05) is 32.9 Å². The smallest absolute Gasteiger partial charge is 0.246 e. The summed E-state index contributed by atoms with van der Waals surface area (Å²) in [6, 6.07) is 23.7. The number of hydrogen-bond acceptors (Lipinski definition) is 10. The summed E-state index contributed by atoms with van der Waals surface area (Å²) in [5.41, 5.74) is 0.977. The monoisotopic (exact) mass is 1070 g/mol. The molecule has 2 aliphatic rings. The minimum absolute atomic E-state index is 0. The second kappa shape index (κ2) is 31.1. The minimum Gasteiger partial charge on any atom is -0.412 e. The molecule has 0 radical (unpaired) electrons. The quantitative estimate of drug-likeness (QED) is 0.0770. The molecule has 0 saturated carbocycles. The Morgan fingerprint density at radius 2 is 1.00 bits per heavy atom. The van der Waals surface area contributed by atoms with Crippen LogP contribution < -0.4 is 31.9 Å². The highest BCUT2D eigenvalue weighted by molar-refractivity contribution is 7.99. The van der Waals surface area contributed by atoms with Crippen LogP contribution in [0.3, 0.4) is 0 Å². The number of thioether (sulfide) groups is 1. The summed E-state index contributed by atoms with van der Waals surface area (Å²) in [6.45, 7) is 21.9. The Hall–Kier alpha value is -5.06. The number of hydrogen-bond donors (Lipinski definition) is 7. The van der Waals surface area contributed by atoms with E-state index in [2.05, 4.69) is 44.5 Å². The highest BCUT2D eigenvalue weighted by atomic mass is 32.2. The van der Waals surface area contributed by atoms with Crippen LogP contribution in [0.25, 0.3) is 0 Å². The second-order valence-corrected chi connectivity index (χ2v) is 22.8. The summed E-state index contributed by atoms with van der Waals surface area (Å²) in [4.78, 5) is 85.0. The fourth-order valence-electron chi connectivity index (χ4n) is 8.56. The number of benzene rings is 3. The van der Waals surface area contributed by atoms with Gasteiger partial charge in [-0.3, -0.25) is 28.8 Å². The molecule has 0 aliphatic carbocycles. The maximum atomic E-state index is 14.1. The van der Waals surface area contributed by atoms with Crippen molar-refractivity contribution in [2.45, 2.75) is 147 Å². The Morgan fingerprint density at radius 3 is 1.39 bits per heavy atom. The third kappa shape index (κ3) is 19.6. The van der Waals surface area contributed by atoms with Crippen LogP contribution in [0.4, 0.5) is 0 Å². The van der Waals surface area contributed by atoms with Gasteiger partial charge in [0.2, 0.25) is 35.4 Å². The van der Waals surface area contributed by atoms with Crippen molar-refractivity contribution in [2.24, 2.45) is 22.7 Å². The first-order valence-corrected chi connectivity index (χ1v) is 26.0. The van der Waals surface area contributed by atoms with Crippen LogP contribution in [-0.4, -0.2) is 136 Å². The van der Waals surface area contributed by atoms with Gasteiger partial charge in [0, 0.05) is 28.6 Å². The average Bonchev–Trinajstić information content (AvgIpc) is 3.95. The number of nitrogens with one attached hydrogen (secondary N) is 6. The molecule has 3 aromatic rings. The number of carbonyl (C=O) groups excluding carboxylic acids is 6. The number of nitrogens with zero attached hydrogens (tertiary/aromatic N) is 2. The van der Waals surface area contributed by atoms with E-state index in [1.165, 1.54) is 0 Å². The Kier molecular flexibility index (Phi) is 29.0. The summed E-state index contributed by atoms with van der Waals surface area (Å²) >= 11 is 6.15. The van der Waals surface area contributed by atoms with E-state index in [0.717, 1.165) is 26.7 Å². The lowest BCUT2D eigenvalue weighted by Gasteiger charge is -2.36. The maximum Gasteiger partial charge on any atom is 0.246 e. The number of likely N-dealkylation sites (tertiary alicyclic amines) is 2. The van der Waals surface area contributed by atoms with Gasteiger partial charge in [0.05, 0.1) is 24.2 Å². The molecule has 6 amide bonds. The lowest BCUT2D eigenvalue weighted by molar-refractivity contribution is -0.144. The molecule has 20 heteroatoms. The summed E-state index contributed by atoms with van der Waals surface area (Å²) < 4.78 is 0. The molecule has 3 aromatic carbocycles. The van der Waals surface area contributed by atoms with E-state index in [1.807, 2.05) is 147 Å². The van der Waals surface area contributed by atoms with Crippen molar-refractivity contribution in [3.63, 3.8) is 0 Å². The van der Waals surface area contributed by atoms with Gasteiger partial charge in [-0.15, -0.1) is 24.4 Å². The molecule has 5 rings (SSSR count). The lowest BCUT2D eigenvalue weighted by atomic mass is 9.85. The zero-order valence-corrected chi connectivity index (χ0v) is 47.3. The van der Waals surface area contributed by atoms with Crippen molar-refractivity contribution < 1.29 is 50.7 Å². The number of rotatable bonds is 17. The Morgan fingerprint density at radius 1 is 0.595 bits per heavy atom. The largest absolute Gasteiger partial charge is 0.412 e. The fraction of sp³-hybridized carbons (Fsp3) is 0.556. The van der Waals surface area contributed by atoms with Crippen LogP contribution in [0.5, 0.6) is 0 Å². The van der Waals surface area contributed by atoms with Gasteiger partial charge in [0.15, 0.2) is 0 Å². The molecule has 2 saturated heterocycles. The van der Waals surface area contributed by atoms with E-state index in [9.17, 15) is 28.8 Å². The highest BCUT2D eigenvalue weighted by Crippen LogP contribution is 2.34. The normalized spacial score (nSPS) is 19.5. The molecule has 416 valence electrons. The first-order valence-electron chi connectivity index (χ1n) is 24.5. The summed E-state index contributed by atoms with van der Waals surface area (Å²) in [5, 5.41) is 17.9. The molecule has 10 atom stereocenters. The standard InChI is InChI=1S/C30H42N4O3S2.C24H38N4O3.4H2O/c1-19(22-11-8-7-9-12-22)32-28(36)25-15-21(18-39-24-14-10-13-23(38)16-24)17-34(25)29(37)26(30(3,4)5)33-27(35)20(2)31-6;1-15-13-19(22(30)26-16(2)18-11-9-8-10-12-18)28(14-15)23(31)20(24(4,5)6)27-21(29)17(3)25-7;;;;/h7-14,16,19-21,25-26,31,38H,15,17-18H2,1-6H3,(H,32,36)(H,33,35);8-12,15-17,19-20,25H,13-14H2,1-7H3,(H,26,30)(H,27,29);4*1H2/t19-,20+,21+,25+,26-;15-,16+,17-,19-,20+;;;;/m10..../s1. The van der Waals surface area contributed by atoms with E-state index in [4.69, 9.17) is 0 Å². The zero-order chi connectivity index (χ0) is 52.1. The maximum absolute atomic E-state index is 14.1. The molecule has 14 N–H and O–H groups in total. The molecular formula is C54H88N8O10S2. The van der Waals surface area contributed by atoms with Crippen LogP contribution in [0.1, 0.15) is 112 Å². The van der Waals surface area contributed by atoms with Gasteiger partial charge in [0.25, 0.3) is 0 Å². The predicted molar refractivity (Wildman–Crippen MR) is 298 cm³/mol. The minimum atomic E-state index is -0.769. The Bertz CT molecular complexity index is 2230. The zero-order valence-electron chi connectivity index (χ0n) is 45.6. The second-order valence-electron chi connectivity index (χ2n) is 21.2. The molecule has 18 nitrogen and oxygen atoms in total. The van der Waals surface area contributed by atoms with E-state index in [-0.39, 0.29) is 81.3 Å². The van der Waals surface area contributed by atoms with Gasteiger partial charge < -0.3 is 63.6 Å². The third-order valence-corrected chi connectivity index (χ3v) is 14.6. The third-order valence-electron chi connectivity index (χ3n) is 13.1. The van der Waals surface area contributed by atoms with Crippen molar-refractivity contribution in [3.8, 4) is 0 Å². The first-order chi connectivity index (χ1) is 32.9. The first kappa shape index (κ1) is 68.9. The van der Waals surface area contributed by atoms with Crippen LogP contribution in [0.2, 0.25) is 0 Å². The van der Waals surface area contributed by atoms with E-state index >= 15 is 0 Å². The van der Waals surface area contributed by atoms with Crippen molar-refractivity contribution in [1.29, 1.82) is 0 Å². The molecule has 74 heavy (non-hydrogen) atoms.